The molecule has 0 radical (unpaired) electrons. The van der Waals surface area contributed by atoms with Gasteiger partial charge in [-0.2, -0.15) is 0 Å². The Balaban J connectivity index is 1.98. The van der Waals surface area contributed by atoms with Crippen molar-refractivity contribution in [3.63, 3.8) is 0 Å². The summed E-state index contributed by atoms with van der Waals surface area (Å²) in [5, 5.41) is 2.74. The number of carbonyl (C=O) groups is 2. The molecule has 1 heterocycles. The first-order valence-electron chi connectivity index (χ1n) is 7.10. The Morgan fingerprint density at radius 3 is 2.48 bits per heavy atom. The first kappa shape index (κ1) is 17.1. The molecule has 0 saturated carbocycles. The quantitative estimate of drug-likeness (QED) is 0.667. The lowest BCUT2D eigenvalue weighted by atomic mass is 10.1. The number of hydrogen-bond acceptors (Lipinski definition) is 5. The van der Waals surface area contributed by atoms with Crippen LogP contribution in [0.4, 0.5) is 5.69 Å². The van der Waals surface area contributed by atoms with Crippen LogP contribution < -0.4 is 5.32 Å². The zero-order valence-electron chi connectivity index (χ0n) is 13.6. The minimum Gasteiger partial charge on any atom is -0.465 e. The number of anilines is 1. The van der Waals surface area contributed by atoms with Crippen molar-refractivity contribution in [2.45, 2.75) is 25.7 Å². The van der Waals surface area contributed by atoms with Gasteiger partial charge in [-0.05, 0) is 39.2 Å². The molecule has 0 spiro atoms. The van der Waals surface area contributed by atoms with E-state index in [2.05, 4.69) is 5.32 Å². The molecule has 0 bridgehead atoms. The number of furan rings is 1. The van der Waals surface area contributed by atoms with Gasteiger partial charge in [0.1, 0.15) is 17.1 Å². The molecule has 0 atom stereocenters. The highest BCUT2D eigenvalue weighted by Gasteiger charge is 2.20. The van der Waals surface area contributed by atoms with Crippen molar-refractivity contribution in [1.82, 2.24) is 0 Å². The number of nitrogens with one attached hydrogen (secondary N) is 1. The highest BCUT2D eigenvalue weighted by atomic mass is 32.2. The number of esters is 1. The van der Waals surface area contributed by atoms with Gasteiger partial charge in [-0.1, -0.05) is 12.1 Å². The molecular formula is C17H19NO4S. The predicted octanol–water partition coefficient (Wildman–Crippen LogP) is 3.72. The van der Waals surface area contributed by atoms with Crippen LogP contribution in [-0.4, -0.2) is 24.7 Å². The van der Waals surface area contributed by atoms with Crippen molar-refractivity contribution < 1.29 is 18.7 Å². The second-order valence-corrected chi connectivity index (χ2v) is 5.89. The van der Waals surface area contributed by atoms with Crippen LogP contribution in [0.3, 0.4) is 0 Å². The predicted molar refractivity (Wildman–Crippen MR) is 90.1 cm³/mol. The fraction of sp³-hybridized carbons (Fsp3) is 0.294. The van der Waals surface area contributed by atoms with E-state index >= 15 is 0 Å². The van der Waals surface area contributed by atoms with Crippen molar-refractivity contribution in [3.8, 4) is 0 Å². The van der Waals surface area contributed by atoms with Gasteiger partial charge in [0.05, 0.1) is 5.69 Å². The van der Waals surface area contributed by atoms with Crippen LogP contribution in [0.25, 0.3) is 0 Å². The normalized spacial score (nSPS) is 10.4. The first-order chi connectivity index (χ1) is 10.9. The third kappa shape index (κ3) is 3.96. The van der Waals surface area contributed by atoms with Crippen LogP contribution in [0.5, 0.6) is 0 Å². The van der Waals surface area contributed by atoms with Gasteiger partial charge in [0.25, 0.3) is 5.91 Å². The fourth-order valence-corrected chi connectivity index (χ4v) is 2.79. The molecule has 6 heteroatoms. The van der Waals surface area contributed by atoms with Crippen molar-refractivity contribution in [2.24, 2.45) is 0 Å². The second-order valence-electron chi connectivity index (χ2n) is 5.04. The van der Waals surface area contributed by atoms with E-state index in [1.165, 1.54) is 11.8 Å². The summed E-state index contributed by atoms with van der Waals surface area (Å²) < 4.78 is 10.5. The number of rotatable bonds is 5. The van der Waals surface area contributed by atoms with Crippen molar-refractivity contribution in [1.29, 1.82) is 0 Å². The Labute approximate surface area is 139 Å². The van der Waals surface area contributed by atoms with Crippen LogP contribution in [-0.2, 0) is 9.53 Å². The highest BCUT2D eigenvalue weighted by Crippen LogP contribution is 2.24. The van der Waals surface area contributed by atoms with Crippen LogP contribution in [0.1, 0.15) is 27.4 Å². The summed E-state index contributed by atoms with van der Waals surface area (Å²) in [6.45, 7) is 4.93. The average molecular weight is 333 g/mol. The third-order valence-electron chi connectivity index (χ3n) is 3.48. The summed E-state index contributed by atoms with van der Waals surface area (Å²) in [4.78, 5) is 25.0. The average Bonchev–Trinajstić information content (AvgIpc) is 2.78. The van der Waals surface area contributed by atoms with Crippen LogP contribution in [0.15, 0.2) is 33.6 Å². The molecule has 1 aromatic carbocycles. The largest absolute Gasteiger partial charge is 0.465 e. The molecule has 0 saturated heterocycles. The molecule has 23 heavy (non-hydrogen) atoms. The van der Waals surface area contributed by atoms with E-state index in [-0.39, 0.29) is 12.5 Å². The SMILES string of the molecule is CSc1ccccc1NC(=O)COC(=O)c1c(C)oc(C)c1C. The van der Waals surface area contributed by atoms with E-state index in [0.29, 0.717) is 22.8 Å². The van der Waals surface area contributed by atoms with Crippen LogP contribution in [0, 0.1) is 20.8 Å². The van der Waals surface area contributed by atoms with Gasteiger partial charge in [0.15, 0.2) is 6.61 Å². The number of benzene rings is 1. The Kier molecular flexibility index (Phi) is 5.50. The lowest BCUT2D eigenvalue weighted by Gasteiger charge is -2.09. The number of aryl methyl sites for hydroxylation is 2. The summed E-state index contributed by atoms with van der Waals surface area (Å²) in [5.41, 5.74) is 1.83. The highest BCUT2D eigenvalue weighted by molar-refractivity contribution is 7.98. The molecule has 0 aliphatic rings. The molecule has 122 valence electrons. The zero-order chi connectivity index (χ0) is 17.0. The standard InChI is InChI=1S/C17H19NO4S/c1-10-11(2)22-12(3)16(10)17(20)21-9-15(19)18-13-7-5-6-8-14(13)23-4/h5-8H,9H2,1-4H3,(H,18,19). The number of amides is 1. The van der Waals surface area contributed by atoms with E-state index < -0.39 is 5.97 Å². The number of thioether (sulfide) groups is 1. The molecule has 0 aliphatic carbocycles. The first-order valence-corrected chi connectivity index (χ1v) is 8.33. The van der Waals surface area contributed by atoms with Gasteiger partial charge in [0, 0.05) is 10.5 Å². The van der Waals surface area contributed by atoms with Gasteiger partial charge >= 0.3 is 5.97 Å². The molecule has 0 fully saturated rings. The van der Waals surface area contributed by atoms with Crippen molar-refractivity contribution >= 4 is 29.3 Å². The topological polar surface area (TPSA) is 68.5 Å². The van der Waals surface area contributed by atoms with Gasteiger partial charge in [-0.3, -0.25) is 4.79 Å². The van der Waals surface area contributed by atoms with E-state index in [1.54, 1.807) is 26.8 Å². The van der Waals surface area contributed by atoms with Gasteiger partial charge in [-0.25, -0.2) is 4.79 Å². The summed E-state index contributed by atoms with van der Waals surface area (Å²) in [7, 11) is 0. The van der Waals surface area contributed by atoms with Crippen molar-refractivity contribution in [2.75, 3.05) is 18.2 Å². The molecule has 1 amide bonds. The monoisotopic (exact) mass is 333 g/mol. The van der Waals surface area contributed by atoms with Gasteiger partial charge < -0.3 is 14.5 Å². The minimum absolute atomic E-state index is 0.343. The number of ether oxygens (including phenoxy) is 1. The van der Waals surface area contributed by atoms with E-state index in [0.717, 1.165) is 10.5 Å². The molecule has 2 rings (SSSR count). The van der Waals surface area contributed by atoms with E-state index in [4.69, 9.17) is 9.15 Å². The molecule has 2 aromatic rings. The van der Waals surface area contributed by atoms with Crippen LogP contribution >= 0.6 is 11.8 Å². The maximum atomic E-state index is 12.1. The Hall–Kier alpha value is -2.21. The summed E-state index contributed by atoms with van der Waals surface area (Å²) in [6, 6.07) is 7.45. The summed E-state index contributed by atoms with van der Waals surface area (Å²) in [5.74, 6) is 0.242. The number of para-hydroxylation sites is 1. The number of hydrogen-bond donors (Lipinski definition) is 1. The fourth-order valence-electron chi connectivity index (χ4n) is 2.23. The van der Waals surface area contributed by atoms with Gasteiger partial charge in [0.2, 0.25) is 0 Å². The second kappa shape index (κ2) is 7.37. The van der Waals surface area contributed by atoms with Gasteiger partial charge in [-0.15, -0.1) is 11.8 Å². The molecule has 0 unspecified atom stereocenters. The third-order valence-corrected chi connectivity index (χ3v) is 4.28. The molecule has 1 N–H and O–H groups in total. The smallest absolute Gasteiger partial charge is 0.342 e. The van der Waals surface area contributed by atoms with E-state index in [9.17, 15) is 9.59 Å². The van der Waals surface area contributed by atoms with Crippen LogP contribution in [0.2, 0.25) is 0 Å². The Morgan fingerprint density at radius 1 is 1.17 bits per heavy atom. The Morgan fingerprint density at radius 2 is 1.87 bits per heavy atom. The molecular weight excluding hydrogens is 314 g/mol. The number of carbonyl (C=O) groups excluding carboxylic acids is 2. The molecule has 0 aliphatic heterocycles. The Bertz CT molecular complexity index is 736. The summed E-state index contributed by atoms with van der Waals surface area (Å²) in [6.07, 6.45) is 1.93. The minimum atomic E-state index is -0.551. The summed E-state index contributed by atoms with van der Waals surface area (Å²) >= 11 is 1.53. The van der Waals surface area contributed by atoms with Crippen molar-refractivity contribution in [3.05, 3.63) is 46.9 Å². The lowest BCUT2D eigenvalue weighted by molar-refractivity contribution is -0.119. The maximum absolute atomic E-state index is 12.1. The zero-order valence-corrected chi connectivity index (χ0v) is 14.4. The molecule has 1 aromatic heterocycles. The maximum Gasteiger partial charge on any atom is 0.342 e. The van der Waals surface area contributed by atoms with E-state index in [1.807, 2.05) is 24.5 Å². The lowest BCUT2D eigenvalue weighted by Crippen LogP contribution is -2.21. The molecule has 5 nitrogen and oxygen atoms in total.